The van der Waals surface area contributed by atoms with E-state index in [0.717, 1.165) is 4.47 Å². The number of nitrogens with zero attached hydrogens (tertiary/aromatic N) is 2. The second-order valence-corrected chi connectivity index (χ2v) is 11.4. The molecule has 1 amide bonds. The number of halogens is 1. The van der Waals surface area contributed by atoms with Crippen molar-refractivity contribution in [2.75, 3.05) is 4.72 Å². The summed E-state index contributed by atoms with van der Waals surface area (Å²) in [6.07, 6.45) is 0. The van der Waals surface area contributed by atoms with E-state index < -0.39 is 21.5 Å². The molecule has 0 aliphatic carbocycles. The molecule has 40 heavy (non-hydrogen) atoms. The molecule has 3 N–H and O–H groups in total. The predicted octanol–water partition coefficient (Wildman–Crippen LogP) is 6.66. The van der Waals surface area contributed by atoms with E-state index >= 15 is 0 Å². The number of carbonyl (C=O) groups excluding carboxylic acids is 1. The van der Waals surface area contributed by atoms with Crippen LogP contribution >= 0.6 is 15.9 Å². The molecule has 0 radical (unpaired) electrons. The van der Waals surface area contributed by atoms with Crippen LogP contribution in [0.2, 0.25) is 0 Å². The normalized spacial score (nSPS) is 12.1. The van der Waals surface area contributed by atoms with Crippen LogP contribution in [0.4, 0.5) is 11.4 Å². The first-order valence-electron chi connectivity index (χ1n) is 12.0. The van der Waals surface area contributed by atoms with E-state index in [2.05, 4.69) is 30.9 Å². The number of carbonyl (C=O) groups is 1. The average molecular weight is 616 g/mol. The Morgan fingerprint density at radius 2 is 1.30 bits per heavy atom. The van der Waals surface area contributed by atoms with Crippen molar-refractivity contribution in [2.45, 2.75) is 10.5 Å². The van der Waals surface area contributed by atoms with Crippen molar-refractivity contribution in [1.82, 2.24) is 0 Å². The summed E-state index contributed by atoms with van der Waals surface area (Å²) in [5, 5.41) is 31.1. The summed E-state index contributed by atoms with van der Waals surface area (Å²) < 4.78 is 29.5. The Hall–Kier alpha value is -4.38. The highest BCUT2D eigenvalue weighted by Crippen LogP contribution is 2.41. The van der Waals surface area contributed by atoms with Crippen LogP contribution in [0.5, 0.6) is 5.75 Å². The largest absolute Gasteiger partial charge is 0.505 e. The van der Waals surface area contributed by atoms with Gasteiger partial charge in [0.15, 0.2) is 11.4 Å². The molecule has 200 valence electrons. The number of phenols is 1. The predicted molar refractivity (Wildman–Crippen MR) is 156 cm³/mol. The SMILES string of the molecule is O=C(N=Nc1cc(NS(=O)(=O)c2ccc(Br)cc2)c2ccccc2c1O)C(O)(c1ccccc1)c1ccccc1. The molecule has 0 heterocycles. The maximum Gasteiger partial charge on any atom is 0.305 e. The second-order valence-electron chi connectivity index (χ2n) is 8.84. The maximum atomic E-state index is 13.4. The number of aliphatic hydroxyl groups is 1. The highest BCUT2D eigenvalue weighted by atomic mass is 79.9. The van der Waals surface area contributed by atoms with Crippen molar-refractivity contribution >= 4 is 54.0 Å². The number of benzene rings is 5. The zero-order valence-electron chi connectivity index (χ0n) is 20.8. The number of rotatable bonds is 7. The van der Waals surface area contributed by atoms with E-state index in [1.807, 2.05) is 0 Å². The van der Waals surface area contributed by atoms with Gasteiger partial charge < -0.3 is 10.2 Å². The molecule has 5 rings (SSSR count). The lowest BCUT2D eigenvalue weighted by molar-refractivity contribution is -0.133. The molecule has 0 saturated carbocycles. The lowest BCUT2D eigenvalue weighted by Crippen LogP contribution is -2.35. The van der Waals surface area contributed by atoms with Crippen LogP contribution in [-0.4, -0.2) is 24.5 Å². The molecule has 0 spiro atoms. The van der Waals surface area contributed by atoms with E-state index in [0.29, 0.717) is 10.8 Å². The van der Waals surface area contributed by atoms with E-state index in [-0.39, 0.29) is 33.1 Å². The molecule has 0 aliphatic heterocycles. The Bertz CT molecular complexity index is 1790. The van der Waals surface area contributed by atoms with Gasteiger partial charge in [0.25, 0.3) is 10.0 Å². The van der Waals surface area contributed by atoms with Gasteiger partial charge in [-0.3, -0.25) is 9.52 Å². The summed E-state index contributed by atoms with van der Waals surface area (Å²) in [6, 6.07) is 30.7. The first-order chi connectivity index (χ1) is 19.2. The van der Waals surface area contributed by atoms with Crippen molar-refractivity contribution in [1.29, 1.82) is 0 Å². The molecule has 0 atom stereocenters. The summed E-state index contributed by atoms with van der Waals surface area (Å²) in [5.74, 6) is -1.30. The van der Waals surface area contributed by atoms with Crippen molar-refractivity contribution in [2.24, 2.45) is 10.2 Å². The zero-order valence-corrected chi connectivity index (χ0v) is 23.2. The number of azo groups is 1. The molecule has 0 aliphatic rings. The molecule has 0 unspecified atom stereocenters. The van der Waals surface area contributed by atoms with Gasteiger partial charge in [0, 0.05) is 15.2 Å². The Kier molecular flexibility index (Phi) is 7.49. The van der Waals surface area contributed by atoms with Crippen LogP contribution in [0.15, 0.2) is 135 Å². The molecule has 0 saturated heterocycles. The summed E-state index contributed by atoms with van der Waals surface area (Å²) in [5.41, 5.74) is -1.61. The maximum absolute atomic E-state index is 13.4. The Morgan fingerprint density at radius 3 is 1.88 bits per heavy atom. The fraction of sp³-hybridized carbons (Fsp3) is 0.0333. The summed E-state index contributed by atoms with van der Waals surface area (Å²) in [7, 11) is -4.01. The van der Waals surface area contributed by atoms with Gasteiger partial charge in [-0.25, -0.2) is 8.42 Å². The number of aromatic hydroxyl groups is 1. The van der Waals surface area contributed by atoms with Gasteiger partial charge in [-0.15, -0.1) is 10.2 Å². The van der Waals surface area contributed by atoms with Crippen molar-refractivity contribution < 1.29 is 23.4 Å². The number of hydrogen-bond acceptors (Lipinski definition) is 6. The quantitative estimate of drug-likeness (QED) is 0.139. The number of phenolic OH excluding ortho intramolecular Hbond substituents is 1. The first-order valence-corrected chi connectivity index (χ1v) is 14.3. The number of anilines is 1. The standard InChI is InChI=1S/C30H22BrN3O5S/c31-22-15-17-23(18-16-22)40(38,39)34-26-19-27(28(35)25-14-8-7-13-24(25)26)32-33-29(36)30(37,20-9-3-1-4-10-20)21-11-5-2-6-12-21/h1-19,34-35,37H. The van der Waals surface area contributed by atoms with Crippen LogP contribution < -0.4 is 4.72 Å². The molecule has 5 aromatic carbocycles. The number of nitrogens with one attached hydrogen (secondary N) is 1. The smallest absolute Gasteiger partial charge is 0.305 e. The van der Waals surface area contributed by atoms with E-state index in [4.69, 9.17) is 0 Å². The highest BCUT2D eigenvalue weighted by Gasteiger charge is 2.40. The second kappa shape index (κ2) is 11.0. The third kappa shape index (κ3) is 5.24. The minimum atomic E-state index is -4.01. The zero-order chi connectivity index (χ0) is 28.3. The molecule has 5 aromatic rings. The fourth-order valence-corrected chi connectivity index (χ4v) is 5.60. The Labute approximate surface area is 238 Å². The molecule has 8 nitrogen and oxygen atoms in total. The average Bonchev–Trinajstić information content (AvgIpc) is 2.98. The van der Waals surface area contributed by atoms with Gasteiger partial charge in [-0.1, -0.05) is 101 Å². The van der Waals surface area contributed by atoms with Gasteiger partial charge in [-0.2, -0.15) is 0 Å². The topological polar surface area (TPSA) is 128 Å². The molecule has 10 heteroatoms. The highest BCUT2D eigenvalue weighted by molar-refractivity contribution is 9.10. The molecule has 0 fully saturated rings. The lowest BCUT2D eigenvalue weighted by atomic mass is 9.86. The van der Waals surface area contributed by atoms with Gasteiger partial charge >= 0.3 is 5.91 Å². The fourth-order valence-electron chi connectivity index (χ4n) is 4.27. The lowest BCUT2D eigenvalue weighted by Gasteiger charge is -2.25. The first kappa shape index (κ1) is 27.2. The van der Waals surface area contributed by atoms with Crippen molar-refractivity contribution in [3.8, 4) is 5.75 Å². The summed E-state index contributed by atoms with van der Waals surface area (Å²) in [6.45, 7) is 0. The monoisotopic (exact) mass is 615 g/mol. The molecule has 0 bridgehead atoms. The summed E-state index contributed by atoms with van der Waals surface area (Å²) >= 11 is 3.29. The van der Waals surface area contributed by atoms with Crippen molar-refractivity contribution in [3.63, 3.8) is 0 Å². The molecule has 0 aromatic heterocycles. The van der Waals surface area contributed by atoms with Crippen molar-refractivity contribution in [3.05, 3.63) is 131 Å². The van der Waals surface area contributed by atoms with Crippen LogP contribution in [0.25, 0.3) is 10.8 Å². The Balaban J connectivity index is 1.57. The van der Waals surface area contributed by atoms with Crippen LogP contribution in [0, 0.1) is 0 Å². The number of fused-ring (bicyclic) bond motifs is 1. The molecular weight excluding hydrogens is 594 g/mol. The minimum absolute atomic E-state index is 0.0296. The van der Waals surface area contributed by atoms with Crippen LogP contribution in [-0.2, 0) is 20.4 Å². The third-order valence-electron chi connectivity index (χ3n) is 6.31. The van der Waals surface area contributed by atoms with E-state index in [1.54, 1.807) is 97.1 Å². The van der Waals surface area contributed by atoms with Crippen LogP contribution in [0.1, 0.15) is 11.1 Å². The number of amides is 1. The van der Waals surface area contributed by atoms with E-state index in [1.165, 1.54) is 18.2 Å². The molecular formula is C30H22BrN3O5S. The van der Waals surface area contributed by atoms with Gasteiger partial charge in [-0.05, 0) is 41.5 Å². The number of sulfonamides is 1. The van der Waals surface area contributed by atoms with E-state index in [9.17, 15) is 23.4 Å². The number of hydrogen-bond donors (Lipinski definition) is 3. The van der Waals surface area contributed by atoms with Crippen LogP contribution in [0.3, 0.4) is 0 Å². The minimum Gasteiger partial charge on any atom is -0.505 e. The van der Waals surface area contributed by atoms with Gasteiger partial charge in [0.2, 0.25) is 0 Å². The Morgan fingerprint density at radius 1 is 0.775 bits per heavy atom. The van der Waals surface area contributed by atoms with Gasteiger partial charge in [0.1, 0.15) is 5.69 Å². The third-order valence-corrected chi connectivity index (χ3v) is 8.22. The van der Waals surface area contributed by atoms with Gasteiger partial charge in [0.05, 0.1) is 10.6 Å². The summed E-state index contributed by atoms with van der Waals surface area (Å²) in [4.78, 5) is 13.5.